The monoisotopic (exact) mass is 231 g/mol. The molecule has 2 heterocycles. The summed E-state index contributed by atoms with van der Waals surface area (Å²) in [6.07, 6.45) is 10.4. The van der Waals surface area contributed by atoms with Crippen LogP contribution < -0.4 is 5.32 Å². The molecule has 1 fully saturated rings. The fourth-order valence-electron chi connectivity index (χ4n) is 1.92. The van der Waals surface area contributed by atoms with E-state index >= 15 is 0 Å². The molecule has 0 unspecified atom stereocenters. The van der Waals surface area contributed by atoms with E-state index in [4.69, 9.17) is 0 Å². The minimum absolute atomic E-state index is 0.733. The van der Waals surface area contributed by atoms with Crippen LogP contribution in [0, 0.1) is 0 Å². The van der Waals surface area contributed by atoms with E-state index in [-0.39, 0.29) is 0 Å². The molecule has 1 aliphatic carbocycles. The quantitative estimate of drug-likeness (QED) is 0.832. The van der Waals surface area contributed by atoms with Gasteiger partial charge in [0.1, 0.15) is 0 Å². The lowest BCUT2D eigenvalue weighted by Crippen LogP contribution is -2.18. The van der Waals surface area contributed by atoms with Crippen molar-refractivity contribution in [3.05, 3.63) is 36.2 Å². The second kappa shape index (κ2) is 4.33. The van der Waals surface area contributed by atoms with E-state index in [9.17, 15) is 0 Å². The first-order valence-corrected chi connectivity index (χ1v) is 6.01. The maximum atomic E-state index is 4.22. The SMILES string of the molecule is Cn1cc(Cn2cncc2CNC2CC2)cn1. The lowest BCUT2D eigenvalue weighted by molar-refractivity contribution is 0.634. The van der Waals surface area contributed by atoms with Gasteiger partial charge in [-0.25, -0.2) is 4.98 Å². The molecule has 5 nitrogen and oxygen atoms in total. The third-order valence-electron chi connectivity index (χ3n) is 3.06. The summed E-state index contributed by atoms with van der Waals surface area (Å²) < 4.78 is 4.00. The molecule has 0 spiro atoms. The van der Waals surface area contributed by atoms with Crippen molar-refractivity contribution < 1.29 is 0 Å². The third kappa shape index (κ3) is 2.55. The molecular weight excluding hydrogens is 214 g/mol. The minimum atomic E-state index is 0.733. The van der Waals surface area contributed by atoms with Gasteiger partial charge in [-0.05, 0) is 12.8 Å². The van der Waals surface area contributed by atoms with Crippen molar-refractivity contribution in [2.45, 2.75) is 32.0 Å². The van der Waals surface area contributed by atoms with Crippen LogP contribution in [0.15, 0.2) is 24.9 Å². The molecule has 1 N–H and O–H groups in total. The van der Waals surface area contributed by atoms with Crippen molar-refractivity contribution in [1.82, 2.24) is 24.6 Å². The van der Waals surface area contributed by atoms with Crippen molar-refractivity contribution in [2.75, 3.05) is 0 Å². The van der Waals surface area contributed by atoms with Crippen LogP contribution >= 0.6 is 0 Å². The number of nitrogens with one attached hydrogen (secondary N) is 1. The molecule has 1 saturated carbocycles. The molecule has 0 bridgehead atoms. The Hall–Kier alpha value is -1.62. The number of imidazole rings is 1. The first-order valence-electron chi connectivity index (χ1n) is 6.01. The Kier molecular flexibility index (Phi) is 2.68. The second-order valence-corrected chi connectivity index (χ2v) is 4.69. The summed E-state index contributed by atoms with van der Waals surface area (Å²) in [5.41, 5.74) is 2.44. The number of aryl methyl sites for hydroxylation is 1. The standard InChI is InChI=1S/C12H17N5/c1-16-7-10(4-15-16)8-17-9-13-5-12(17)6-14-11-2-3-11/h4-5,7,9,11,14H,2-3,6,8H2,1H3. The molecule has 0 aliphatic heterocycles. The van der Waals surface area contributed by atoms with E-state index in [0.717, 1.165) is 19.1 Å². The molecular formula is C12H17N5. The summed E-state index contributed by atoms with van der Waals surface area (Å²) in [7, 11) is 1.94. The molecule has 5 heteroatoms. The Labute approximate surface area is 100 Å². The van der Waals surface area contributed by atoms with Gasteiger partial charge in [0.25, 0.3) is 0 Å². The number of nitrogens with zero attached hydrogens (tertiary/aromatic N) is 4. The van der Waals surface area contributed by atoms with Crippen molar-refractivity contribution in [3.8, 4) is 0 Å². The van der Waals surface area contributed by atoms with Gasteiger partial charge >= 0.3 is 0 Å². The van der Waals surface area contributed by atoms with Gasteiger partial charge in [0, 0.05) is 37.6 Å². The molecule has 0 saturated heterocycles. The van der Waals surface area contributed by atoms with Gasteiger partial charge in [-0.3, -0.25) is 4.68 Å². The molecule has 17 heavy (non-hydrogen) atoms. The van der Waals surface area contributed by atoms with E-state index in [2.05, 4.69) is 20.0 Å². The van der Waals surface area contributed by atoms with Crippen LogP contribution in [-0.2, 0) is 20.1 Å². The molecule has 0 aromatic carbocycles. The van der Waals surface area contributed by atoms with Gasteiger partial charge in [0.15, 0.2) is 0 Å². The van der Waals surface area contributed by atoms with Gasteiger partial charge in [-0.1, -0.05) is 0 Å². The van der Waals surface area contributed by atoms with Crippen molar-refractivity contribution in [3.63, 3.8) is 0 Å². The highest BCUT2D eigenvalue weighted by Crippen LogP contribution is 2.19. The average molecular weight is 231 g/mol. The van der Waals surface area contributed by atoms with Crippen LogP contribution in [0.5, 0.6) is 0 Å². The zero-order chi connectivity index (χ0) is 11.7. The second-order valence-electron chi connectivity index (χ2n) is 4.69. The zero-order valence-corrected chi connectivity index (χ0v) is 10.0. The summed E-state index contributed by atoms with van der Waals surface area (Å²) in [6.45, 7) is 1.75. The number of hydrogen-bond donors (Lipinski definition) is 1. The maximum absolute atomic E-state index is 4.22. The predicted molar refractivity (Wildman–Crippen MR) is 64.4 cm³/mol. The summed E-state index contributed by atoms with van der Waals surface area (Å²) in [5.74, 6) is 0. The number of hydrogen-bond acceptors (Lipinski definition) is 3. The fourth-order valence-corrected chi connectivity index (χ4v) is 1.92. The van der Waals surface area contributed by atoms with Crippen LogP contribution in [0.4, 0.5) is 0 Å². The zero-order valence-electron chi connectivity index (χ0n) is 10.0. The van der Waals surface area contributed by atoms with Crippen LogP contribution in [-0.4, -0.2) is 25.4 Å². The van der Waals surface area contributed by atoms with Crippen LogP contribution in [0.2, 0.25) is 0 Å². The average Bonchev–Trinajstić information content (AvgIpc) is 2.90. The van der Waals surface area contributed by atoms with Crippen molar-refractivity contribution in [1.29, 1.82) is 0 Å². The van der Waals surface area contributed by atoms with Crippen molar-refractivity contribution in [2.24, 2.45) is 7.05 Å². The Morgan fingerprint density at radius 2 is 2.29 bits per heavy atom. The van der Waals surface area contributed by atoms with E-state index in [1.807, 2.05) is 36.6 Å². The van der Waals surface area contributed by atoms with Crippen molar-refractivity contribution >= 4 is 0 Å². The van der Waals surface area contributed by atoms with E-state index in [1.54, 1.807) is 0 Å². The highest BCUT2D eigenvalue weighted by atomic mass is 15.2. The Morgan fingerprint density at radius 1 is 1.41 bits per heavy atom. The van der Waals surface area contributed by atoms with Gasteiger partial charge < -0.3 is 9.88 Å². The van der Waals surface area contributed by atoms with Crippen LogP contribution in [0.3, 0.4) is 0 Å². The highest BCUT2D eigenvalue weighted by Gasteiger charge is 2.20. The molecule has 0 atom stereocenters. The van der Waals surface area contributed by atoms with Gasteiger partial charge in [-0.2, -0.15) is 5.10 Å². The first-order chi connectivity index (χ1) is 8.31. The lowest BCUT2D eigenvalue weighted by atomic mass is 10.3. The molecule has 90 valence electrons. The molecule has 2 aromatic rings. The summed E-state index contributed by atoms with van der Waals surface area (Å²) in [6, 6.07) is 0.733. The van der Waals surface area contributed by atoms with Crippen LogP contribution in [0.25, 0.3) is 0 Å². The van der Waals surface area contributed by atoms with Gasteiger partial charge in [0.05, 0.1) is 24.8 Å². The predicted octanol–water partition coefficient (Wildman–Crippen LogP) is 0.917. The first kappa shape index (κ1) is 10.5. The summed E-state index contributed by atoms with van der Waals surface area (Å²) in [4.78, 5) is 4.22. The molecule has 2 aromatic heterocycles. The van der Waals surface area contributed by atoms with Gasteiger partial charge in [0.2, 0.25) is 0 Å². The summed E-state index contributed by atoms with van der Waals surface area (Å²) in [5, 5.41) is 7.69. The molecule has 3 rings (SSSR count). The van der Waals surface area contributed by atoms with Crippen LogP contribution in [0.1, 0.15) is 24.1 Å². The summed E-state index contributed by atoms with van der Waals surface area (Å²) >= 11 is 0. The Morgan fingerprint density at radius 3 is 3.00 bits per heavy atom. The fraction of sp³-hybridized carbons (Fsp3) is 0.500. The largest absolute Gasteiger partial charge is 0.329 e. The normalized spacial score (nSPS) is 15.4. The number of rotatable bonds is 5. The molecule has 1 aliphatic rings. The maximum Gasteiger partial charge on any atom is 0.0951 e. The highest BCUT2D eigenvalue weighted by molar-refractivity contribution is 5.08. The molecule has 0 radical (unpaired) electrons. The third-order valence-corrected chi connectivity index (χ3v) is 3.06. The number of aromatic nitrogens is 4. The van der Waals surface area contributed by atoms with E-state index in [1.165, 1.54) is 24.1 Å². The topological polar surface area (TPSA) is 47.7 Å². The van der Waals surface area contributed by atoms with Gasteiger partial charge in [-0.15, -0.1) is 0 Å². The molecule has 0 amide bonds. The minimum Gasteiger partial charge on any atom is -0.329 e. The Bertz CT molecular complexity index is 494. The Balaban J connectivity index is 1.67. The smallest absolute Gasteiger partial charge is 0.0951 e. The van der Waals surface area contributed by atoms with E-state index in [0.29, 0.717) is 0 Å². The lowest BCUT2D eigenvalue weighted by Gasteiger charge is -2.07. The van der Waals surface area contributed by atoms with E-state index < -0.39 is 0 Å².